The molecule has 1 aliphatic rings. The maximum absolute atomic E-state index is 6.47. The van der Waals surface area contributed by atoms with Crippen molar-refractivity contribution in [1.82, 2.24) is 9.78 Å². The van der Waals surface area contributed by atoms with Gasteiger partial charge in [-0.15, -0.1) is 0 Å². The molecule has 2 heterocycles. The Bertz CT molecular complexity index is 735. The number of rotatable bonds is 6. The van der Waals surface area contributed by atoms with Crippen LogP contribution in [0.3, 0.4) is 0 Å². The fourth-order valence-electron chi connectivity index (χ4n) is 3.70. The standard InChI is InChI=1S/C19H26Cl2N4/c1-4-10-24(11-5-2)19-15-7-6-12-25(18(15)22-23(19)3)17-9-8-14(20)13-16(17)21/h8-9,13H,4-7,10-12H2,1-3H3. The quantitative estimate of drug-likeness (QED) is 0.666. The lowest BCUT2D eigenvalue weighted by Gasteiger charge is -2.30. The molecular formula is C19H26Cl2N4. The third-order valence-electron chi connectivity index (χ3n) is 4.64. The molecule has 0 saturated heterocycles. The summed E-state index contributed by atoms with van der Waals surface area (Å²) in [6.07, 6.45) is 4.42. The predicted molar refractivity (Wildman–Crippen MR) is 108 cm³/mol. The van der Waals surface area contributed by atoms with E-state index in [1.165, 1.54) is 11.4 Å². The SMILES string of the molecule is CCCN(CCC)c1c2c(nn1C)N(c1ccc(Cl)cc1Cl)CCC2. The van der Waals surface area contributed by atoms with Crippen LogP contribution < -0.4 is 9.80 Å². The number of hydrogen-bond acceptors (Lipinski definition) is 3. The van der Waals surface area contributed by atoms with Crippen LogP contribution in [-0.2, 0) is 13.5 Å². The number of anilines is 3. The van der Waals surface area contributed by atoms with Crippen molar-refractivity contribution >= 4 is 40.5 Å². The average Bonchev–Trinajstić information content (AvgIpc) is 2.91. The van der Waals surface area contributed by atoms with Crippen molar-refractivity contribution in [2.45, 2.75) is 39.5 Å². The summed E-state index contributed by atoms with van der Waals surface area (Å²) in [4.78, 5) is 4.70. The van der Waals surface area contributed by atoms with E-state index < -0.39 is 0 Å². The number of fused-ring (bicyclic) bond motifs is 1. The Labute approximate surface area is 160 Å². The summed E-state index contributed by atoms with van der Waals surface area (Å²) in [7, 11) is 2.05. The molecule has 0 saturated carbocycles. The van der Waals surface area contributed by atoms with Crippen LogP contribution >= 0.6 is 23.2 Å². The number of hydrogen-bond donors (Lipinski definition) is 0. The largest absolute Gasteiger partial charge is 0.357 e. The van der Waals surface area contributed by atoms with E-state index in [-0.39, 0.29) is 0 Å². The van der Waals surface area contributed by atoms with Crippen LogP contribution in [0.5, 0.6) is 0 Å². The Morgan fingerprint density at radius 3 is 2.52 bits per heavy atom. The van der Waals surface area contributed by atoms with Crippen molar-refractivity contribution < 1.29 is 0 Å². The van der Waals surface area contributed by atoms with Crippen LogP contribution in [0.2, 0.25) is 10.0 Å². The van der Waals surface area contributed by atoms with Gasteiger partial charge < -0.3 is 9.80 Å². The Hall–Kier alpha value is -1.39. The maximum Gasteiger partial charge on any atom is 0.160 e. The lowest BCUT2D eigenvalue weighted by molar-refractivity contribution is 0.678. The molecule has 0 radical (unpaired) electrons. The second-order valence-electron chi connectivity index (χ2n) is 6.59. The van der Waals surface area contributed by atoms with E-state index in [0.717, 1.165) is 56.8 Å². The zero-order valence-electron chi connectivity index (χ0n) is 15.2. The van der Waals surface area contributed by atoms with Crippen LogP contribution in [0.25, 0.3) is 0 Å². The van der Waals surface area contributed by atoms with Crippen molar-refractivity contribution in [1.29, 1.82) is 0 Å². The number of benzene rings is 1. The van der Waals surface area contributed by atoms with Gasteiger partial charge in [0.25, 0.3) is 0 Å². The monoisotopic (exact) mass is 380 g/mol. The molecule has 1 aromatic heterocycles. The van der Waals surface area contributed by atoms with Gasteiger partial charge in [0.05, 0.1) is 10.7 Å². The zero-order chi connectivity index (χ0) is 18.0. The second kappa shape index (κ2) is 7.88. The van der Waals surface area contributed by atoms with Gasteiger partial charge in [-0.25, -0.2) is 0 Å². The highest BCUT2D eigenvalue weighted by Crippen LogP contribution is 2.41. The zero-order valence-corrected chi connectivity index (χ0v) is 16.7. The summed E-state index contributed by atoms with van der Waals surface area (Å²) in [6.45, 7) is 7.49. The first-order chi connectivity index (χ1) is 12.1. The molecule has 25 heavy (non-hydrogen) atoms. The van der Waals surface area contributed by atoms with Gasteiger partial charge in [-0.2, -0.15) is 5.10 Å². The minimum atomic E-state index is 0.657. The summed E-state index contributed by atoms with van der Waals surface area (Å²) in [6, 6.07) is 5.68. The molecule has 0 atom stereocenters. The van der Waals surface area contributed by atoms with Gasteiger partial charge in [-0.1, -0.05) is 37.0 Å². The molecule has 0 bridgehead atoms. The van der Waals surface area contributed by atoms with Gasteiger partial charge >= 0.3 is 0 Å². The molecule has 1 aliphatic heterocycles. The van der Waals surface area contributed by atoms with Crippen LogP contribution in [0.4, 0.5) is 17.3 Å². The van der Waals surface area contributed by atoms with E-state index in [2.05, 4.69) is 23.6 Å². The highest BCUT2D eigenvalue weighted by Gasteiger charge is 2.29. The summed E-state index contributed by atoms with van der Waals surface area (Å²) in [5.41, 5.74) is 2.32. The molecule has 0 aliphatic carbocycles. The molecule has 6 heteroatoms. The topological polar surface area (TPSA) is 24.3 Å². The molecule has 0 N–H and O–H groups in total. The van der Waals surface area contributed by atoms with Crippen LogP contribution in [-0.4, -0.2) is 29.4 Å². The van der Waals surface area contributed by atoms with E-state index in [9.17, 15) is 0 Å². The van der Waals surface area contributed by atoms with Gasteiger partial charge in [-0.3, -0.25) is 4.68 Å². The Morgan fingerprint density at radius 2 is 1.88 bits per heavy atom. The first kappa shape index (κ1) is 18.4. The van der Waals surface area contributed by atoms with Crippen molar-refractivity contribution in [3.05, 3.63) is 33.8 Å². The van der Waals surface area contributed by atoms with E-state index in [4.69, 9.17) is 28.3 Å². The molecule has 3 rings (SSSR count). The molecule has 4 nitrogen and oxygen atoms in total. The molecule has 0 unspecified atom stereocenters. The average molecular weight is 381 g/mol. The fourth-order valence-corrected chi connectivity index (χ4v) is 4.21. The summed E-state index contributed by atoms with van der Waals surface area (Å²) >= 11 is 12.5. The lowest BCUT2D eigenvalue weighted by atomic mass is 10.1. The molecule has 0 fully saturated rings. The van der Waals surface area contributed by atoms with Gasteiger partial charge in [0.2, 0.25) is 0 Å². The van der Waals surface area contributed by atoms with Crippen molar-refractivity contribution in [3.8, 4) is 0 Å². The molecule has 1 aromatic carbocycles. The molecule has 2 aromatic rings. The number of nitrogens with zero attached hydrogens (tertiary/aromatic N) is 4. The Morgan fingerprint density at radius 1 is 1.16 bits per heavy atom. The lowest BCUT2D eigenvalue weighted by Crippen LogP contribution is -2.29. The summed E-state index contributed by atoms with van der Waals surface area (Å²) in [5, 5.41) is 6.20. The highest BCUT2D eigenvalue weighted by atomic mass is 35.5. The van der Waals surface area contributed by atoms with Gasteiger partial charge in [0, 0.05) is 37.3 Å². The minimum absolute atomic E-state index is 0.657. The van der Waals surface area contributed by atoms with E-state index in [1.54, 1.807) is 6.07 Å². The van der Waals surface area contributed by atoms with Gasteiger partial charge in [-0.05, 0) is 43.9 Å². The predicted octanol–water partition coefficient (Wildman–Crippen LogP) is 5.44. The van der Waals surface area contributed by atoms with Crippen LogP contribution in [0.15, 0.2) is 18.2 Å². The fraction of sp³-hybridized carbons (Fsp3) is 0.526. The highest BCUT2D eigenvalue weighted by molar-refractivity contribution is 6.36. The van der Waals surface area contributed by atoms with Gasteiger partial charge in [0.15, 0.2) is 5.82 Å². The Balaban J connectivity index is 2.04. The summed E-state index contributed by atoms with van der Waals surface area (Å²) < 4.78 is 2.04. The first-order valence-electron chi connectivity index (χ1n) is 9.10. The minimum Gasteiger partial charge on any atom is -0.357 e. The Kier molecular flexibility index (Phi) is 5.80. The number of aryl methyl sites for hydroxylation is 1. The van der Waals surface area contributed by atoms with Gasteiger partial charge in [0.1, 0.15) is 5.82 Å². The van der Waals surface area contributed by atoms with E-state index >= 15 is 0 Å². The van der Waals surface area contributed by atoms with Crippen molar-refractivity contribution in [3.63, 3.8) is 0 Å². The molecule has 0 spiro atoms. The normalized spacial score (nSPS) is 13.9. The third kappa shape index (κ3) is 3.61. The van der Waals surface area contributed by atoms with Crippen molar-refractivity contribution in [2.24, 2.45) is 7.05 Å². The second-order valence-corrected chi connectivity index (χ2v) is 7.43. The third-order valence-corrected chi connectivity index (χ3v) is 5.18. The smallest absolute Gasteiger partial charge is 0.160 e. The summed E-state index contributed by atoms with van der Waals surface area (Å²) in [5.74, 6) is 2.29. The first-order valence-corrected chi connectivity index (χ1v) is 9.85. The number of aromatic nitrogens is 2. The van der Waals surface area contributed by atoms with Crippen LogP contribution in [0, 0.1) is 0 Å². The molecule has 0 amide bonds. The van der Waals surface area contributed by atoms with Crippen LogP contribution in [0.1, 0.15) is 38.7 Å². The van der Waals surface area contributed by atoms with Crippen molar-refractivity contribution in [2.75, 3.05) is 29.4 Å². The maximum atomic E-state index is 6.47. The molecule has 136 valence electrons. The molecular weight excluding hydrogens is 355 g/mol. The number of halogens is 2. The van der Waals surface area contributed by atoms with E-state index in [0.29, 0.717) is 10.0 Å². The van der Waals surface area contributed by atoms with E-state index in [1.807, 2.05) is 23.9 Å².